The molecule has 0 fully saturated rings. The number of aliphatic carboxylic acids is 1. The van der Waals surface area contributed by atoms with E-state index in [1.165, 1.54) is 0 Å². The Kier molecular flexibility index (Phi) is 8.50. The van der Waals surface area contributed by atoms with Gasteiger partial charge in [0.25, 0.3) is 0 Å². The molecule has 8 heteroatoms. The highest BCUT2D eigenvalue weighted by molar-refractivity contribution is 5.88. The SMILES string of the molecule is CNCCNC(=O)CN(CC(=O)O)C(=O)CNC. The van der Waals surface area contributed by atoms with Gasteiger partial charge in [0.1, 0.15) is 13.1 Å². The average Bonchev–Trinajstić information content (AvgIpc) is 2.28. The number of carboxylic acids is 1. The van der Waals surface area contributed by atoms with Gasteiger partial charge < -0.3 is 26.0 Å². The molecule has 2 amide bonds. The molecule has 0 unspecified atom stereocenters. The third-order valence-electron chi connectivity index (χ3n) is 2.04. The lowest BCUT2D eigenvalue weighted by Crippen LogP contribution is -2.46. The topological polar surface area (TPSA) is 111 Å². The molecule has 4 N–H and O–H groups in total. The lowest BCUT2D eigenvalue weighted by molar-refractivity contribution is -0.145. The Balaban J connectivity index is 4.26. The highest BCUT2D eigenvalue weighted by Gasteiger charge is 2.18. The Morgan fingerprint density at radius 3 is 2.22 bits per heavy atom. The molecule has 104 valence electrons. The van der Waals surface area contributed by atoms with E-state index < -0.39 is 18.4 Å². The van der Waals surface area contributed by atoms with Gasteiger partial charge in [0.2, 0.25) is 11.8 Å². The van der Waals surface area contributed by atoms with Gasteiger partial charge in [-0.2, -0.15) is 0 Å². The van der Waals surface area contributed by atoms with Crippen LogP contribution in [0.4, 0.5) is 0 Å². The fraction of sp³-hybridized carbons (Fsp3) is 0.700. The summed E-state index contributed by atoms with van der Waals surface area (Å²) in [5, 5.41) is 16.7. The van der Waals surface area contributed by atoms with Gasteiger partial charge in [-0.05, 0) is 14.1 Å². The van der Waals surface area contributed by atoms with Crippen LogP contribution in [0.1, 0.15) is 0 Å². The Morgan fingerprint density at radius 1 is 1.06 bits per heavy atom. The molecule has 0 saturated heterocycles. The molecule has 0 aliphatic heterocycles. The van der Waals surface area contributed by atoms with Crippen molar-refractivity contribution < 1.29 is 19.5 Å². The Morgan fingerprint density at radius 2 is 1.72 bits per heavy atom. The predicted molar refractivity (Wildman–Crippen MR) is 65.1 cm³/mol. The smallest absolute Gasteiger partial charge is 0.323 e. The van der Waals surface area contributed by atoms with Crippen molar-refractivity contribution in [2.24, 2.45) is 0 Å². The summed E-state index contributed by atoms with van der Waals surface area (Å²) in [6, 6.07) is 0. The van der Waals surface area contributed by atoms with Crippen LogP contribution in [0.15, 0.2) is 0 Å². The van der Waals surface area contributed by atoms with Gasteiger partial charge in [0.05, 0.1) is 6.54 Å². The summed E-state index contributed by atoms with van der Waals surface area (Å²) in [5.74, 6) is -1.96. The molecule has 0 atom stereocenters. The second-order valence-corrected chi connectivity index (χ2v) is 3.63. The van der Waals surface area contributed by atoms with Crippen LogP contribution in [-0.2, 0) is 14.4 Å². The summed E-state index contributed by atoms with van der Waals surface area (Å²) in [6.07, 6.45) is 0. The molecular formula is C10H20N4O4. The van der Waals surface area contributed by atoms with Crippen LogP contribution in [0.2, 0.25) is 0 Å². The normalized spacial score (nSPS) is 9.89. The number of nitrogens with zero attached hydrogens (tertiary/aromatic N) is 1. The molecule has 0 aromatic heterocycles. The van der Waals surface area contributed by atoms with Gasteiger partial charge >= 0.3 is 5.97 Å². The number of rotatable bonds is 9. The number of hydrogen-bond donors (Lipinski definition) is 4. The van der Waals surface area contributed by atoms with E-state index >= 15 is 0 Å². The van der Waals surface area contributed by atoms with E-state index in [0.29, 0.717) is 13.1 Å². The molecule has 0 heterocycles. The Labute approximate surface area is 106 Å². The van der Waals surface area contributed by atoms with E-state index in [1.54, 1.807) is 14.1 Å². The van der Waals surface area contributed by atoms with Gasteiger partial charge in [0.15, 0.2) is 0 Å². The molecular weight excluding hydrogens is 240 g/mol. The zero-order valence-corrected chi connectivity index (χ0v) is 10.7. The summed E-state index contributed by atoms with van der Waals surface area (Å²) < 4.78 is 0. The first-order valence-corrected chi connectivity index (χ1v) is 5.56. The monoisotopic (exact) mass is 260 g/mol. The van der Waals surface area contributed by atoms with Crippen molar-refractivity contribution in [3.05, 3.63) is 0 Å². The number of carbonyl (C=O) groups excluding carboxylic acids is 2. The van der Waals surface area contributed by atoms with Crippen LogP contribution >= 0.6 is 0 Å². The fourth-order valence-corrected chi connectivity index (χ4v) is 1.21. The van der Waals surface area contributed by atoms with Crippen LogP contribution in [0.25, 0.3) is 0 Å². The van der Waals surface area contributed by atoms with E-state index in [1.807, 2.05) is 0 Å². The zero-order chi connectivity index (χ0) is 14.0. The quantitative estimate of drug-likeness (QED) is 0.340. The first kappa shape index (κ1) is 16.3. The van der Waals surface area contributed by atoms with E-state index in [0.717, 1.165) is 4.90 Å². The molecule has 0 rings (SSSR count). The number of hydrogen-bond acceptors (Lipinski definition) is 5. The van der Waals surface area contributed by atoms with E-state index in [-0.39, 0.29) is 19.0 Å². The molecule has 8 nitrogen and oxygen atoms in total. The van der Waals surface area contributed by atoms with Crippen molar-refractivity contribution in [1.82, 2.24) is 20.9 Å². The molecule has 0 bridgehead atoms. The lowest BCUT2D eigenvalue weighted by Gasteiger charge is -2.20. The minimum atomic E-state index is -1.15. The van der Waals surface area contributed by atoms with Gasteiger partial charge in [-0.1, -0.05) is 0 Å². The van der Waals surface area contributed by atoms with Crippen molar-refractivity contribution in [3.63, 3.8) is 0 Å². The lowest BCUT2D eigenvalue weighted by atomic mass is 10.4. The van der Waals surface area contributed by atoms with Gasteiger partial charge in [-0.3, -0.25) is 14.4 Å². The van der Waals surface area contributed by atoms with Crippen LogP contribution in [-0.4, -0.2) is 74.6 Å². The highest BCUT2D eigenvalue weighted by Crippen LogP contribution is 1.90. The van der Waals surface area contributed by atoms with E-state index in [9.17, 15) is 14.4 Å². The van der Waals surface area contributed by atoms with Gasteiger partial charge in [0, 0.05) is 13.1 Å². The predicted octanol–water partition coefficient (Wildman–Crippen LogP) is -2.55. The van der Waals surface area contributed by atoms with Gasteiger partial charge in [-0.25, -0.2) is 0 Å². The van der Waals surface area contributed by atoms with Crippen molar-refractivity contribution in [3.8, 4) is 0 Å². The number of carboxylic acid groups (broad SMARTS) is 1. The number of amides is 2. The molecule has 0 saturated carbocycles. The van der Waals surface area contributed by atoms with Crippen LogP contribution < -0.4 is 16.0 Å². The minimum absolute atomic E-state index is 0.00290. The molecule has 0 radical (unpaired) electrons. The summed E-state index contributed by atoms with van der Waals surface area (Å²) >= 11 is 0. The maximum atomic E-state index is 11.6. The molecule has 0 spiro atoms. The average molecular weight is 260 g/mol. The minimum Gasteiger partial charge on any atom is -0.480 e. The van der Waals surface area contributed by atoms with Crippen molar-refractivity contribution in [1.29, 1.82) is 0 Å². The number of likely N-dealkylation sites (N-methyl/N-ethyl adjacent to an activating group) is 2. The van der Waals surface area contributed by atoms with Crippen molar-refractivity contribution in [2.45, 2.75) is 0 Å². The fourth-order valence-electron chi connectivity index (χ4n) is 1.21. The van der Waals surface area contributed by atoms with Crippen LogP contribution in [0, 0.1) is 0 Å². The Hall–Kier alpha value is -1.67. The first-order chi connectivity index (χ1) is 8.51. The maximum absolute atomic E-state index is 11.6. The molecule has 18 heavy (non-hydrogen) atoms. The molecule has 0 aromatic rings. The van der Waals surface area contributed by atoms with E-state index in [4.69, 9.17) is 5.11 Å². The summed E-state index contributed by atoms with van der Waals surface area (Å²) in [4.78, 5) is 34.6. The van der Waals surface area contributed by atoms with Gasteiger partial charge in [-0.15, -0.1) is 0 Å². The Bertz CT molecular complexity index is 296. The molecule has 0 aliphatic carbocycles. The van der Waals surface area contributed by atoms with Crippen molar-refractivity contribution in [2.75, 3.05) is 46.8 Å². The second kappa shape index (κ2) is 9.37. The standard InChI is InChI=1S/C10H20N4O4/c1-11-3-4-13-8(15)6-14(7-10(17)18)9(16)5-12-2/h11-12H,3-7H2,1-2H3,(H,13,15)(H,17,18). The largest absolute Gasteiger partial charge is 0.480 e. The summed E-state index contributed by atoms with van der Waals surface area (Å²) in [7, 11) is 3.32. The summed E-state index contributed by atoms with van der Waals surface area (Å²) in [5.41, 5.74) is 0. The third kappa shape index (κ3) is 7.58. The molecule has 0 aromatic carbocycles. The highest BCUT2D eigenvalue weighted by atomic mass is 16.4. The second-order valence-electron chi connectivity index (χ2n) is 3.63. The number of nitrogens with one attached hydrogen (secondary N) is 3. The summed E-state index contributed by atoms with van der Waals surface area (Å²) in [6.45, 7) is 0.291. The maximum Gasteiger partial charge on any atom is 0.323 e. The third-order valence-corrected chi connectivity index (χ3v) is 2.04. The zero-order valence-electron chi connectivity index (χ0n) is 10.7. The van der Waals surface area contributed by atoms with Crippen molar-refractivity contribution >= 4 is 17.8 Å². The molecule has 0 aliphatic rings. The number of carbonyl (C=O) groups is 3. The first-order valence-electron chi connectivity index (χ1n) is 5.56. The van der Waals surface area contributed by atoms with Crippen LogP contribution in [0.3, 0.4) is 0 Å². The van der Waals surface area contributed by atoms with E-state index in [2.05, 4.69) is 16.0 Å². The van der Waals surface area contributed by atoms with Crippen LogP contribution in [0.5, 0.6) is 0 Å².